The molecule has 4 nitrogen and oxygen atoms in total. The van der Waals surface area contributed by atoms with E-state index in [1.807, 2.05) is 14.1 Å². The van der Waals surface area contributed by atoms with Crippen LogP contribution in [0, 0.1) is 12.8 Å². The summed E-state index contributed by atoms with van der Waals surface area (Å²) < 4.78 is 11.4. The van der Waals surface area contributed by atoms with E-state index in [1.165, 1.54) is 5.56 Å². The molecular weight excluding hydrogens is 240 g/mol. The molecule has 0 unspecified atom stereocenters. The minimum atomic E-state index is 0.554. The molecule has 110 valence electrons. The maximum Gasteiger partial charge on any atom is 0.130 e. The first-order valence-corrected chi connectivity index (χ1v) is 7.00. The van der Waals surface area contributed by atoms with Crippen LogP contribution in [-0.2, 0) is 17.9 Å². The summed E-state index contributed by atoms with van der Waals surface area (Å²) in [5.74, 6) is 2.59. The molecule has 0 radical (unpaired) electrons. The zero-order valence-corrected chi connectivity index (χ0v) is 13.0. The standard InChI is InChI=1S/C15H28N2O2/c1-12(2)9-16-10-15-13(3)8-14(19-15)11-18-7-6-17(4)5/h8,12,16H,6-7,9-11H2,1-5H3. The quantitative estimate of drug-likeness (QED) is 0.698. The van der Waals surface area contributed by atoms with Gasteiger partial charge >= 0.3 is 0 Å². The van der Waals surface area contributed by atoms with Gasteiger partial charge in [0, 0.05) is 6.54 Å². The van der Waals surface area contributed by atoms with Crippen LogP contribution < -0.4 is 5.32 Å². The number of hydrogen-bond donors (Lipinski definition) is 1. The van der Waals surface area contributed by atoms with Crippen molar-refractivity contribution in [1.82, 2.24) is 10.2 Å². The van der Waals surface area contributed by atoms with Gasteiger partial charge in [0.25, 0.3) is 0 Å². The third-order valence-electron chi connectivity index (χ3n) is 2.84. The van der Waals surface area contributed by atoms with Crippen molar-refractivity contribution in [2.45, 2.75) is 33.9 Å². The van der Waals surface area contributed by atoms with Crippen molar-refractivity contribution in [2.24, 2.45) is 5.92 Å². The molecule has 0 amide bonds. The molecule has 0 aliphatic carbocycles. The van der Waals surface area contributed by atoms with Gasteiger partial charge in [-0.25, -0.2) is 0 Å². The Hall–Kier alpha value is -0.840. The lowest BCUT2D eigenvalue weighted by atomic mass is 10.2. The van der Waals surface area contributed by atoms with E-state index in [0.29, 0.717) is 12.5 Å². The van der Waals surface area contributed by atoms with Crippen LogP contribution in [0.4, 0.5) is 0 Å². The Labute approximate surface area is 117 Å². The Morgan fingerprint density at radius 1 is 1.37 bits per heavy atom. The summed E-state index contributed by atoms with van der Waals surface area (Å²) in [4.78, 5) is 2.11. The summed E-state index contributed by atoms with van der Waals surface area (Å²) in [6.45, 7) is 10.5. The van der Waals surface area contributed by atoms with E-state index in [9.17, 15) is 0 Å². The Bertz CT molecular complexity index is 359. The van der Waals surface area contributed by atoms with Crippen LogP contribution in [0.1, 0.15) is 30.9 Å². The van der Waals surface area contributed by atoms with Crippen molar-refractivity contribution in [3.05, 3.63) is 23.2 Å². The molecule has 0 atom stereocenters. The summed E-state index contributed by atoms with van der Waals surface area (Å²) in [7, 11) is 4.08. The minimum Gasteiger partial charge on any atom is -0.462 e. The molecule has 4 heteroatoms. The first kappa shape index (κ1) is 16.2. The van der Waals surface area contributed by atoms with E-state index in [-0.39, 0.29) is 0 Å². The van der Waals surface area contributed by atoms with Crippen LogP contribution in [0.25, 0.3) is 0 Å². The molecule has 0 fully saturated rings. The van der Waals surface area contributed by atoms with Gasteiger partial charge in [0.15, 0.2) is 0 Å². The molecule has 1 N–H and O–H groups in total. The third kappa shape index (κ3) is 6.76. The summed E-state index contributed by atoms with van der Waals surface area (Å²) in [5, 5.41) is 3.40. The normalized spacial score (nSPS) is 11.7. The molecule has 0 spiro atoms. The number of aryl methyl sites for hydroxylation is 1. The molecule has 1 rings (SSSR count). The summed E-state index contributed by atoms with van der Waals surface area (Å²) in [5.41, 5.74) is 1.20. The Morgan fingerprint density at radius 3 is 2.74 bits per heavy atom. The number of hydrogen-bond acceptors (Lipinski definition) is 4. The van der Waals surface area contributed by atoms with Gasteiger partial charge in [0.1, 0.15) is 18.1 Å². The lowest BCUT2D eigenvalue weighted by Crippen LogP contribution is -2.19. The second-order valence-corrected chi connectivity index (χ2v) is 5.70. The van der Waals surface area contributed by atoms with Crippen LogP contribution in [-0.4, -0.2) is 38.7 Å². The third-order valence-corrected chi connectivity index (χ3v) is 2.84. The van der Waals surface area contributed by atoms with E-state index in [0.717, 1.165) is 37.8 Å². The van der Waals surface area contributed by atoms with Crippen molar-refractivity contribution in [1.29, 1.82) is 0 Å². The molecule has 1 aromatic heterocycles. The molecule has 0 saturated carbocycles. The number of rotatable bonds is 9. The van der Waals surface area contributed by atoms with Crippen LogP contribution in [0.3, 0.4) is 0 Å². The van der Waals surface area contributed by atoms with Gasteiger partial charge in [-0.1, -0.05) is 13.8 Å². The molecule has 0 bridgehead atoms. The fourth-order valence-electron chi connectivity index (χ4n) is 1.73. The van der Waals surface area contributed by atoms with Crippen molar-refractivity contribution in [2.75, 3.05) is 33.8 Å². The van der Waals surface area contributed by atoms with Gasteiger partial charge in [-0.3, -0.25) is 0 Å². The van der Waals surface area contributed by atoms with E-state index >= 15 is 0 Å². The lowest BCUT2D eigenvalue weighted by molar-refractivity contribution is 0.0918. The topological polar surface area (TPSA) is 37.6 Å². The van der Waals surface area contributed by atoms with Crippen LogP contribution in [0.15, 0.2) is 10.5 Å². The fourth-order valence-corrected chi connectivity index (χ4v) is 1.73. The number of nitrogens with zero attached hydrogens (tertiary/aromatic N) is 1. The number of furan rings is 1. The Morgan fingerprint density at radius 2 is 2.11 bits per heavy atom. The molecule has 1 aromatic rings. The van der Waals surface area contributed by atoms with Crippen LogP contribution in [0.2, 0.25) is 0 Å². The first-order valence-electron chi connectivity index (χ1n) is 7.00. The minimum absolute atomic E-state index is 0.554. The molecule has 0 aliphatic rings. The molecular formula is C15H28N2O2. The van der Waals surface area contributed by atoms with Crippen molar-refractivity contribution >= 4 is 0 Å². The highest BCUT2D eigenvalue weighted by Gasteiger charge is 2.07. The second kappa shape index (κ2) is 8.35. The average molecular weight is 268 g/mol. The Kier molecular flexibility index (Phi) is 7.13. The number of nitrogens with one attached hydrogen (secondary N) is 1. The second-order valence-electron chi connectivity index (χ2n) is 5.70. The predicted octanol–water partition coefficient (Wildman–Crippen LogP) is 2.41. The smallest absolute Gasteiger partial charge is 0.130 e. The summed E-state index contributed by atoms with van der Waals surface area (Å²) in [6, 6.07) is 2.07. The highest BCUT2D eigenvalue weighted by Crippen LogP contribution is 2.15. The zero-order chi connectivity index (χ0) is 14.3. The molecule has 0 aromatic carbocycles. The van der Waals surface area contributed by atoms with Gasteiger partial charge in [0.05, 0.1) is 13.2 Å². The van der Waals surface area contributed by atoms with Crippen LogP contribution in [0.5, 0.6) is 0 Å². The number of likely N-dealkylation sites (N-methyl/N-ethyl adjacent to an activating group) is 1. The predicted molar refractivity (Wildman–Crippen MR) is 78.2 cm³/mol. The van der Waals surface area contributed by atoms with Crippen molar-refractivity contribution in [3.8, 4) is 0 Å². The van der Waals surface area contributed by atoms with Crippen LogP contribution >= 0.6 is 0 Å². The van der Waals surface area contributed by atoms with Gasteiger partial charge in [0.2, 0.25) is 0 Å². The highest BCUT2D eigenvalue weighted by atomic mass is 16.5. The number of ether oxygens (including phenoxy) is 1. The van der Waals surface area contributed by atoms with Gasteiger partial charge in [-0.2, -0.15) is 0 Å². The summed E-state index contributed by atoms with van der Waals surface area (Å²) in [6.07, 6.45) is 0. The van der Waals surface area contributed by atoms with E-state index in [1.54, 1.807) is 0 Å². The average Bonchev–Trinajstić information content (AvgIpc) is 2.65. The highest BCUT2D eigenvalue weighted by molar-refractivity contribution is 5.19. The maximum absolute atomic E-state index is 5.80. The maximum atomic E-state index is 5.80. The monoisotopic (exact) mass is 268 g/mol. The van der Waals surface area contributed by atoms with Gasteiger partial charge < -0.3 is 19.4 Å². The van der Waals surface area contributed by atoms with E-state index in [4.69, 9.17) is 9.15 Å². The van der Waals surface area contributed by atoms with Crippen molar-refractivity contribution in [3.63, 3.8) is 0 Å². The van der Waals surface area contributed by atoms with E-state index < -0.39 is 0 Å². The molecule has 0 aliphatic heterocycles. The fraction of sp³-hybridized carbons (Fsp3) is 0.733. The SMILES string of the molecule is Cc1cc(COCCN(C)C)oc1CNCC(C)C. The van der Waals surface area contributed by atoms with Gasteiger partial charge in [-0.05, 0) is 45.1 Å². The van der Waals surface area contributed by atoms with E-state index in [2.05, 4.69) is 37.1 Å². The largest absolute Gasteiger partial charge is 0.462 e. The first-order chi connectivity index (χ1) is 8.99. The zero-order valence-electron chi connectivity index (χ0n) is 13.0. The summed E-state index contributed by atoms with van der Waals surface area (Å²) >= 11 is 0. The van der Waals surface area contributed by atoms with Crippen molar-refractivity contribution < 1.29 is 9.15 Å². The molecule has 19 heavy (non-hydrogen) atoms. The molecule has 1 heterocycles. The lowest BCUT2D eigenvalue weighted by Gasteiger charge is -2.08. The van der Waals surface area contributed by atoms with Gasteiger partial charge in [-0.15, -0.1) is 0 Å². The molecule has 0 saturated heterocycles. The Balaban J connectivity index is 2.32.